The number of aliphatic carboxylic acids is 1. The molecule has 7 heteroatoms. The van der Waals surface area contributed by atoms with Crippen molar-refractivity contribution in [3.05, 3.63) is 12.2 Å². The molecular weight excluding hydrogens is 302 g/mol. The molecule has 0 heterocycles. The van der Waals surface area contributed by atoms with Gasteiger partial charge in [-0.3, -0.25) is 4.79 Å². The molecule has 1 rings (SSSR count). The van der Waals surface area contributed by atoms with Crippen molar-refractivity contribution in [3.63, 3.8) is 0 Å². The zero-order chi connectivity index (χ0) is 14.1. The first-order chi connectivity index (χ1) is 8.05. The van der Waals surface area contributed by atoms with Gasteiger partial charge >= 0.3 is 11.9 Å². The Morgan fingerprint density at radius 3 is 2.33 bits per heavy atom. The lowest BCUT2D eigenvalue weighted by Gasteiger charge is -2.09. The number of alkyl halides is 3. The monoisotopic (exact) mass is 314 g/mol. The Bertz CT molecular complexity index is 384. The van der Waals surface area contributed by atoms with Crippen LogP contribution in [0.5, 0.6) is 0 Å². The minimum atomic E-state index is -1.65. The highest BCUT2D eigenvalue weighted by atomic mass is 35.6. The van der Waals surface area contributed by atoms with Gasteiger partial charge in [-0.2, -0.15) is 0 Å². The Morgan fingerprint density at radius 1 is 1.39 bits per heavy atom. The number of carbonyl (C=O) groups is 2. The summed E-state index contributed by atoms with van der Waals surface area (Å²) in [6.45, 7) is 3.30. The molecule has 0 bridgehead atoms. The van der Waals surface area contributed by atoms with Gasteiger partial charge in [-0.1, -0.05) is 54.7 Å². The molecule has 2 atom stereocenters. The summed E-state index contributed by atoms with van der Waals surface area (Å²) in [7, 11) is 0. The van der Waals surface area contributed by atoms with Crippen LogP contribution in [0.4, 0.5) is 0 Å². The van der Waals surface area contributed by atoms with E-state index in [-0.39, 0.29) is 17.9 Å². The molecule has 0 aromatic carbocycles. The molecule has 1 fully saturated rings. The lowest BCUT2D eigenvalue weighted by atomic mass is 10.1. The normalized spacial score (nSPS) is 26.1. The van der Waals surface area contributed by atoms with Crippen molar-refractivity contribution < 1.29 is 19.4 Å². The first-order valence-corrected chi connectivity index (χ1v) is 6.33. The SMILES string of the molecule is CC1(C)C(C=CC(=O)OCC(Cl)(Cl)Cl)C1C(=O)O. The summed E-state index contributed by atoms with van der Waals surface area (Å²) in [5.74, 6) is -2.19. The Labute approximate surface area is 120 Å². The smallest absolute Gasteiger partial charge is 0.330 e. The van der Waals surface area contributed by atoms with E-state index in [2.05, 4.69) is 4.74 Å². The van der Waals surface area contributed by atoms with Crippen LogP contribution in [-0.4, -0.2) is 27.4 Å². The van der Waals surface area contributed by atoms with Gasteiger partial charge in [0.25, 0.3) is 0 Å². The molecule has 18 heavy (non-hydrogen) atoms. The topological polar surface area (TPSA) is 63.6 Å². The van der Waals surface area contributed by atoms with Crippen LogP contribution >= 0.6 is 34.8 Å². The number of ether oxygens (including phenoxy) is 1. The second-order valence-electron chi connectivity index (χ2n) is 4.75. The van der Waals surface area contributed by atoms with Crippen LogP contribution in [0, 0.1) is 17.3 Å². The fraction of sp³-hybridized carbons (Fsp3) is 0.636. The van der Waals surface area contributed by atoms with Gasteiger partial charge in [0.2, 0.25) is 3.79 Å². The van der Waals surface area contributed by atoms with Gasteiger partial charge in [0.1, 0.15) is 6.61 Å². The molecule has 0 aliphatic heterocycles. The van der Waals surface area contributed by atoms with Gasteiger partial charge in [0, 0.05) is 6.08 Å². The van der Waals surface area contributed by atoms with E-state index in [0.717, 1.165) is 0 Å². The zero-order valence-electron chi connectivity index (χ0n) is 9.82. The molecule has 0 radical (unpaired) electrons. The number of carboxylic acids is 1. The number of esters is 1. The van der Waals surface area contributed by atoms with Crippen molar-refractivity contribution in [2.24, 2.45) is 17.3 Å². The highest BCUT2D eigenvalue weighted by Crippen LogP contribution is 2.59. The Balaban J connectivity index is 2.47. The first-order valence-electron chi connectivity index (χ1n) is 5.20. The largest absolute Gasteiger partial charge is 0.481 e. The summed E-state index contributed by atoms with van der Waals surface area (Å²) in [6.07, 6.45) is 2.70. The van der Waals surface area contributed by atoms with Gasteiger partial charge in [-0.05, 0) is 11.3 Å². The summed E-state index contributed by atoms with van der Waals surface area (Å²) in [5.41, 5.74) is -0.349. The van der Waals surface area contributed by atoms with Gasteiger partial charge in [0.05, 0.1) is 5.92 Å². The maximum Gasteiger partial charge on any atom is 0.330 e. The van der Waals surface area contributed by atoms with Crippen molar-refractivity contribution in [2.45, 2.75) is 17.6 Å². The fourth-order valence-corrected chi connectivity index (χ4v) is 2.06. The van der Waals surface area contributed by atoms with Gasteiger partial charge in [-0.15, -0.1) is 0 Å². The second-order valence-corrected chi connectivity index (χ2v) is 7.26. The van der Waals surface area contributed by atoms with Crippen molar-refractivity contribution >= 4 is 46.7 Å². The third-order valence-corrected chi connectivity index (χ3v) is 3.32. The van der Waals surface area contributed by atoms with Crippen LogP contribution in [0.1, 0.15) is 13.8 Å². The minimum absolute atomic E-state index is 0.185. The van der Waals surface area contributed by atoms with Crippen molar-refractivity contribution in [1.29, 1.82) is 0 Å². The minimum Gasteiger partial charge on any atom is -0.481 e. The molecule has 0 aromatic rings. The van der Waals surface area contributed by atoms with Gasteiger partial charge in [0.15, 0.2) is 0 Å². The number of rotatable bonds is 4. The highest BCUT2D eigenvalue weighted by Gasteiger charge is 2.60. The molecule has 0 amide bonds. The number of halogens is 3. The number of allylic oxidation sites excluding steroid dienone is 1. The average molecular weight is 316 g/mol. The predicted molar refractivity (Wildman–Crippen MR) is 68.8 cm³/mol. The number of hydrogen-bond donors (Lipinski definition) is 1. The summed E-state index contributed by atoms with van der Waals surface area (Å²) >= 11 is 16.2. The van der Waals surface area contributed by atoms with Crippen LogP contribution in [-0.2, 0) is 14.3 Å². The van der Waals surface area contributed by atoms with Crippen molar-refractivity contribution in [1.82, 2.24) is 0 Å². The number of carboxylic acid groups (broad SMARTS) is 1. The van der Waals surface area contributed by atoms with E-state index in [4.69, 9.17) is 39.9 Å². The van der Waals surface area contributed by atoms with Gasteiger partial charge in [-0.25, -0.2) is 4.79 Å². The van der Waals surface area contributed by atoms with Crippen LogP contribution in [0.3, 0.4) is 0 Å². The maximum atomic E-state index is 11.3. The molecule has 1 aliphatic rings. The maximum absolute atomic E-state index is 11.3. The molecule has 2 unspecified atom stereocenters. The highest BCUT2D eigenvalue weighted by molar-refractivity contribution is 6.67. The average Bonchev–Trinajstić information content (AvgIpc) is 2.73. The molecule has 1 N–H and O–H groups in total. The summed E-state index contributed by atoms with van der Waals surface area (Å²) < 4.78 is 3.03. The Hall–Kier alpha value is -0.450. The summed E-state index contributed by atoms with van der Waals surface area (Å²) in [6, 6.07) is 0. The number of hydrogen-bond acceptors (Lipinski definition) is 3. The van der Waals surface area contributed by atoms with Crippen molar-refractivity contribution in [2.75, 3.05) is 6.61 Å². The molecule has 4 nitrogen and oxygen atoms in total. The van der Waals surface area contributed by atoms with Crippen molar-refractivity contribution in [3.8, 4) is 0 Å². The van der Waals surface area contributed by atoms with E-state index >= 15 is 0 Å². The van der Waals surface area contributed by atoms with Gasteiger partial charge < -0.3 is 9.84 Å². The van der Waals surface area contributed by atoms with Crippen LogP contribution in [0.15, 0.2) is 12.2 Å². The lowest BCUT2D eigenvalue weighted by molar-refractivity contribution is -0.140. The molecule has 0 aromatic heterocycles. The molecular formula is C11H13Cl3O4. The van der Waals surface area contributed by atoms with E-state index in [9.17, 15) is 9.59 Å². The Morgan fingerprint density at radius 2 is 1.94 bits per heavy atom. The molecule has 0 spiro atoms. The quantitative estimate of drug-likeness (QED) is 0.492. The zero-order valence-corrected chi connectivity index (χ0v) is 12.1. The van der Waals surface area contributed by atoms with E-state index in [1.54, 1.807) is 0 Å². The molecule has 0 saturated heterocycles. The third kappa shape index (κ3) is 4.04. The van der Waals surface area contributed by atoms with E-state index in [1.165, 1.54) is 12.2 Å². The number of carbonyl (C=O) groups excluding carboxylic acids is 1. The van der Waals surface area contributed by atoms with E-state index in [0.29, 0.717) is 0 Å². The van der Waals surface area contributed by atoms with E-state index < -0.39 is 21.6 Å². The Kier molecular flexibility index (Phi) is 4.57. The fourth-order valence-electron chi connectivity index (χ4n) is 1.89. The molecule has 1 aliphatic carbocycles. The predicted octanol–water partition coefficient (Wildman–Crippen LogP) is 2.81. The van der Waals surface area contributed by atoms with Crippen LogP contribution in [0.25, 0.3) is 0 Å². The van der Waals surface area contributed by atoms with E-state index in [1.807, 2.05) is 13.8 Å². The summed E-state index contributed by atoms with van der Waals surface area (Å²) in [4.78, 5) is 22.2. The van der Waals surface area contributed by atoms with Crippen LogP contribution < -0.4 is 0 Å². The molecule has 1 saturated carbocycles. The lowest BCUT2D eigenvalue weighted by Crippen LogP contribution is -2.15. The summed E-state index contributed by atoms with van der Waals surface area (Å²) in [5, 5.41) is 8.93. The third-order valence-electron chi connectivity index (χ3n) is 2.99. The second kappa shape index (κ2) is 5.27. The van der Waals surface area contributed by atoms with Crippen LogP contribution in [0.2, 0.25) is 0 Å². The standard InChI is InChI=1S/C11H13Cl3O4/c1-10(2)6(8(10)9(16)17)3-4-7(15)18-5-11(12,13)14/h3-4,6,8H,5H2,1-2H3,(H,16,17). The molecule has 102 valence electrons. The first kappa shape index (κ1) is 15.6.